The van der Waals surface area contributed by atoms with Crippen LogP contribution in [-0.2, 0) is 29.1 Å². The van der Waals surface area contributed by atoms with Gasteiger partial charge in [0, 0.05) is 36.8 Å². The molecule has 1 aromatic carbocycles. The molecule has 0 saturated carbocycles. The Labute approximate surface area is 203 Å². The lowest BCUT2D eigenvalue weighted by molar-refractivity contribution is -0.147. The third-order valence-electron chi connectivity index (χ3n) is 6.46. The van der Waals surface area contributed by atoms with Gasteiger partial charge >= 0.3 is 5.97 Å². The highest BCUT2D eigenvalue weighted by atomic mass is 35.5. The number of aliphatic carboxylic acids is 1. The molecule has 6 nitrogen and oxygen atoms in total. The highest BCUT2D eigenvalue weighted by molar-refractivity contribution is 6.42. The van der Waals surface area contributed by atoms with Gasteiger partial charge in [0.1, 0.15) is 5.65 Å². The number of carboxylic acid groups (broad SMARTS) is 1. The molecule has 0 radical (unpaired) electrons. The van der Waals surface area contributed by atoms with Gasteiger partial charge in [0.05, 0.1) is 22.0 Å². The third kappa shape index (κ3) is 4.87. The first-order chi connectivity index (χ1) is 15.7. The fourth-order valence-corrected chi connectivity index (χ4v) is 4.73. The van der Waals surface area contributed by atoms with E-state index >= 15 is 0 Å². The Kier molecular flexibility index (Phi) is 6.68. The van der Waals surface area contributed by atoms with Crippen LogP contribution < -0.4 is 0 Å². The van der Waals surface area contributed by atoms with E-state index < -0.39 is 11.4 Å². The zero-order valence-corrected chi connectivity index (χ0v) is 20.3. The van der Waals surface area contributed by atoms with Gasteiger partial charge < -0.3 is 14.6 Å². The predicted octanol–water partition coefficient (Wildman–Crippen LogP) is 5.56. The molecule has 33 heavy (non-hydrogen) atoms. The van der Waals surface area contributed by atoms with Crippen molar-refractivity contribution < 1.29 is 14.7 Å². The highest BCUT2D eigenvalue weighted by Gasteiger charge is 2.29. The number of rotatable bonds is 7. The van der Waals surface area contributed by atoms with E-state index in [1.165, 1.54) is 5.56 Å². The van der Waals surface area contributed by atoms with Crippen molar-refractivity contribution in [2.24, 2.45) is 5.41 Å². The second-order valence-electron chi connectivity index (χ2n) is 9.24. The summed E-state index contributed by atoms with van der Waals surface area (Å²) in [6, 6.07) is 9.62. The number of carbonyl (C=O) groups is 2. The summed E-state index contributed by atoms with van der Waals surface area (Å²) in [5.41, 5.74) is 3.39. The van der Waals surface area contributed by atoms with Gasteiger partial charge in [-0.15, -0.1) is 0 Å². The summed E-state index contributed by atoms with van der Waals surface area (Å²) in [7, 11) is 0. The number of aromatic nitrogens is 2. The number of amides is 1. The maximum atomic E-state index is 13.0. The molecule has 0 aliphatic carbocycles. The summed E-state index contributed by atoms with van der Waals surface area (Å²) in [6.45, 7) is 5.13. The minimum Gasteiger partial charge on any atom is -0.481 e. The van der Waals surface area contributed by atoms with Crippen molar-refractivity contribution in [2.45, 2.75) is 52.6 Å². The van der Waals surface area contributed by atoms with Gasteiger partial charge in [-0.2, -0.15) is 0 Å². The Morgan fingerprint density at radius 3 is 2.70 bits per heavy atom. The molecule has 1 aliphatic heterocycles. The van der Waals surface area contributed by atoms with Crippen molar-refractivity contribution in [3.63, 3.8) is 0 Å². The van der Waals surface area contributed by atoms with Crippen LogP contribution in [-0.4, -0.2) is 38.0 Å². The molecule has 0 spiro atoms. The number of nitrogens with zero attached hydrogens (tertiary/aromatic N) is 3. The normalized spacial score (nSPS) is 13.9. The van der Waals surface area contributed by atoms with Crippen LogP contribution in [0.1, 0.15) is 49.9 Å². The van der Waals surface area contributed by atoms with E-state index in [0.717, 1.165) is 28.7 Å². The largest absolute Gasteiger partial charge is 0.481 e. The molecule has 1 N–H and O–H groups in total. The van der Waals surface area contributed by atoms with Gasteiger partial charge in [-0.1, -0.05) is 29.3 Å². The molecule has 0 unspecified atom stereocenters. The molecular weight excluding hydrogens is 461 g/mol. The van der Waals surface area contributed by atoms with Gasteiger partial charge in [0.25, 0.3) is 0 Å². The van der Waals surface area contributed by atoms with Crippen molar-refractivity contribution in [1.29, 1.82) is 0 Å². The lowest BCUT2D eigenvalue weighted by atomic mass is 9.87. The minimum atomic E-state index is -0.836. The van der Waals surface area contributed by atoms with Gasteiger partial charge in [-0.3, -0.25) is 9.59 Å². The average molecular weight is 488 g/mol. The zero-order valence-electron chi connectivity index (χ0n) is 18.8. The van der Waals surface area contributed by atoms with Crippen molar-refractivity contribution in [2.75, 3.05) is 6.54 Å². The van der Waals surface area contributed by atoms with Crippen molar-refractivity contribution in [3.05, 3.63) is 63.4 Å². The van der Waals surface area contributed by atoms with E-state index in [1.54, 1.807) is 26.1 Å². The van der Waals surface area contributed by atoms with Gasteiger partial charge in [0.15, 0.2) is 0 Å². The third-order valence-corrected chi connectivity index (χ3v) is 7.20. The van der Waals surface area contributed by atoms with E-state index in [4.69, 9.17) is 23.2 Å². The number of carboxylic acids is 1. The number of hydrogen-bond donors (Lipinski definition) is 1. The second kappa shape index (κ2) is 9.35. The maximum Gasteiger partial charge on any atom is 0.309 e. The number of benzene rings is 1. The van der Waals surface area contributed by atoms with Crippen LogP contribution in [0.4, 0.5) is 0 Å². The molecule has 174 valence electrons. The van der Waals surface area contributed by atoms with Gasteiger partial charge in [-0.05, 0) is 68.5 Å². The predicted molar refractivity (Wildman–Crippen MR) is 130 cm³/mol. The summed E-state index contributed by atoms with van der Waals surface area (Å²) in [4.78, 5) is 30.8. The maximum absolute atomic E-state index is 13.0. The van der Waals surface area contributed by atoms with Crippen LogP contribution in [0.2, 0.25) is 10.0 Å². The number of pyridine rings is 1. The molecule has 0 fully saturated rings. The highest BCUT2D eigenvalue weighted by Crippen LogP contribution is 2.32. The number of halogens is 2. The van der Waals surface area contributed by atoms with Crippen LogP contribution in [0.15, 0.2) is 36.5 Å². The minimum absolute atomic E-state index is 0.0566. The molecule has 4 rings (SSSR count). The second-order valence-corrected chi connectivity index (χ2v) is 10.1. The standard InChI is InChI=1S/C25H27Cl2N3O3/c1-25(2,24(32)33)10-3-6-22(31)29-12-9-17-18-5-4-11-28-23(18)30(21(17)15-29)14-16-7-8-19(26)20(27)13-16/h4-5,7-8,11,13H,3,6,9-10,12,14-15H2,1-2H3,(H,32,33). The topological polar surface area (TPSA) is 75.4 Å². The van der Waals surface area contributed by atoms with Gasteiger partial charge in [0.2, 0.25) is 5.91 Å². The molecule has 2 aromatic heterocycles. The lowest BCUT2D eigenvalue weighted by Crippen LogP contribution is -2.36. The summed E-state index contributed by atoms with van der Waals surface area (Å²) in [5, 5.41) is 11.4. The SMILES string of the molecule is CC(C)(CCCC(=O)N1CCc2c(n(Cc3ccc(Cl)c(Cl)c3)c3ncccc23)C1)C(=O)O. The van der Waals surface area contributed by atoms with Crippen LogP contribution in [0.3, 0.4) is 0 Å². The summed E-state index contributed by atoms with van der Waals surface area (Å²) >= 11 is 12.3. The molecule has 0 bridgehead atoms. The summed E-state index contributed by atoms with van der Waals surface area (Å²) in [5.74, 6) is -0.780. The first-order valence-corrected chi connectivity index (χ1v) is 11.8. The molecule has 0 saturated heterocycles. The number of hydrogen-bond acceptors (Lipinski definition) is 3. The smallest absolute Gasteiger partial charge is 0.309 e. The monoisotopic (exact) mass is 487 g/mol. The molecule has 1 amide bonds. The fraction of sp³-hybridized carbons (Fsp3) is 0.400. The zero-order chi connectivity index (χ0) is 23.8. The number of fused-ring (bicyclic) bond motifs is 3. The van der Waals surface area contributed by atoms with Crippen molar-refractivity contribution >= 4 is 46.1 Å². The number of carbonyl (C=O) groups excluding carboxylic acids is 1. The Hall–Kier alpha value is -2.57. The first-order valence-electron chi connectivity index (χ1n) is 11.1. The Morgan fingerprint density at radius 2 is 1.97 bits per heavy atom. The van der Waals surface area contributed by atoms with E-state index in [0.29, 0.717) is 48.9 Å². The van der Waals surface area contributed by atoms with Crippen LogP contribution in [0.5, 0.6) is 0 Å². The van der Waals surface area contributed by atoms with Crippen molar-refractivity contribution in [1.82, 2.24) is 14.5 Å². The van der Waals surface area contributed by atoms with Crippen LogP contribution in [0, 0.1) is 5.41 Å². The Balaban J connectivity index is 1.56. The quantitative estimate of drug-likeness (QED) is 0.473. The average Bonchev–Trinajstić information content (AvgIpc) is 3.09. The Bertz CT molecular complexity index is 1220. The van der Waals surface area contributed by atoms with E-state index in [9.17, 15) is 14.7 Å². The summed E-state index contributed by atoms with van der Waals surface area (Å²) in [6.07, 6.45) is 3.91. The van der Waals surface area contributed by atoms with E-state index in [2.05, 4.69) is 15.6 Å². The summed E-state index contributed by atoms with van der Waals surface area (Å²) < 4.78 is 2.16. The van der Waals surface area contributed by atoms with Crippen molar-refractivity contribution in [3.8, 4) is 0 Å². The van der Waals surface area contributed by atoms with Crippen LogP contribution in [0.25, 0.3) is 11.0 Å². The Morgan fingerprint density at radius 1 is 1.18 bits per heavy atom. The molecule has 8 heteroatoms. The molecule has 3 aromatic rings. The van der Waals surface area contributed by atoms with E-state index in [1.807, 2.05) is 23.1 Å². The first kappa shape index (κ1) is 23.6. The van der Waals surface area contributed by atoms with E-state index in [-0.39, 0.29) is 5.91 Å². The molecular formula is C25H27Cl2N3O3. The van der Waals surface area contributed by atoms with Crippen LogP contribution >= 0.6 is 23.2 Å². The molecule has 3 heterocycles. The molecule has 0 atom stereocenters. The van der Waals surface area contributed by atoms with Gasteiger partial charge in [-0.25, -0.2) is 4.98 Å². The fourth-order valence-electron chi connectivity index (χ4n) is 4.41. The lowest BCUT2D eigenvalue weighted by Gasteiger charge is -2.29. The molecule has 1 aliphatic rings.